The van der Waals surface area contributed by atoms with Crippen LogP contribution in [0.15, 0.2) is 55.1 Å². The maximum atomic E-state index is 13.7. The van der Waals surface area contributed by atoms with Gasteiger partial charge in [-0.15, -0.1) is 0 Å². The van der Waals surface area contributed by atoms with Crippen molar-refractivity contribution in [3.63, 3.8) is 0 Å². The molecule has 9 nitrogen and oxygen atoms in total. The van der Waals surface area contributed by atoms with E-state index in [9.17, 15) is 9.59 Å². The fraction of sp³-hybridized carbons (Fsp3) is 0.357. The summed E-state index contributed by atoms with van der Waals surface area (Å²) in [6.45, 7) is 11.4. The quantitative estimate of drug-likeness (QED) is 0.423. The van der Waals surface area contributed by atoms with E-state index in [4.69, 9.17) is 10.1 Å². The summed E-state index contributed by atoms with van der Waals surface area (Å²) in [6.07, 6.45) is 4.64. The predicted octanol–water partition coefficient (Wildman–Crippen LogP) is 3.99. The molecule has 1 aliphatic rings. The minimum absolute atomic E-state index is 0.162. The van der Waals surface area contributed by atoms with Crippen LogP contribution in [0.4, 0.5) is 0 Å². The summed E-state index contributed by atoms with van der Waals surface area (Å²) >= 11 is 0. The van der Waals surface area contributed by atoms with Crippen molar-refractivity contribution in [2.24, 2.45) is 0 Å². The molecule has 0 saturated carbocycles. The maximum absolute atomic E-state index is 13.7. The molecule has 1 saturated heterocycles. The maximum Gasteiger partial charge on any atom is 0.274 e. The fourth-order valence-corrected chi connectivity index (χ4v) is 4.82. The number of nitrogens with zero attached hydrogens (tertiary/aromatic N) is 7. The van der Waals surface area contributed by atoms with Crippen LogP contribution in [0.2, 0.25) is 0 Å². The molecule has 0 spiro atoms. The number of imidazole rings is 1. The first-order valence-corrected chi connectivity index (χ1v) is 12.5. The number of piperazine rings is 1. The molecule has 190 valence electrons. The molecule has 37 heavy (non-hydrogen) atoms. The van der Waals surface area contributed by atoms with Gasteiger partial charge in [0.25, 0.3) is 11.8 Å². The largest absolute Gasteiger partial charge is 0.333 e. The lowest BCUT2D eigenvalue weighted by Crippen LogP contribution is -2.62. The Kier molecular flexibility index (Phi) is 6.23. The highest BCUT2D eigenvalue weighted by molar-refractivity contribution is 5.95. The minimum Gasteiger partial charge on any atom is -0.333 e. The monoisotopic (exact) mass is 497 g/mol. The normalized spacial score (nSPS) is 15.4. The number of fused-ring (bicyclic) bond motifs is 1. The van der Waals surface area contributed by atoms with Gasteiger partial charge < -0.3 is 9.80 Å². The molecule has 0 aliphatic carbocycles. The van der Waals surface area contributed by atoms with Gasteiger partial charge in [-0.3, -0.25) is 9.59 Å². The van der Waals surface area contributed by atoms with E-state index in [1.54, 1.807) is 32.8 Å². The van der Waals surface area contributed by atoms with E-state index < -0.39 is 5.54 Å². The molecule has 1 fully saturated rings. The van der Waals surface area contributed by atoms with Crippen molar-refractivity contribution in [2.45, 2.75) is 46.1 Å². The van der Waals surface area contributed by atoms with E-state index in [1.165, 1.54) is 11.9 Å². The molecule has 0 radical (unpaired) electrons. The zero-order valence-electron chi connectivity index (χ0n) is 21.8. The molecule has 0 atom stereocenters. The fourth-order valence-electron chi connectivity index (χ4n) is 4.82. The number of carbonyl (C=O) groups excluding carboxylic acids is 2. The second kappa shape index (κ2) is 9.38. The Morgan fingerprint density at radius 2 is 1.76 bits per heavy atom. The number of hydrogen-bond acceptors (Lipinski definition) is 6. The lowest BCUT2D eigenvalue weighted by Gasteiger charge is -2.46. The molecule has 9 heteroatoms. The number of amides is 2. The van der Waals surface area contributed by atoms with E-state index in [2.05, 4.69) is 61.1 Å². The van der Waals surface area contributed by atoms with Crippen LogP contribution in [0.25, 0.3) is 16.9 Å². The topological polar surface area (TPSA) is 96.6 Å². The van der Waals surface area contributed by atoms with Crippen LogP contribution < -0.4 is 0 Å². The van der Waals surface area contributed by atoms with Crippen molar-refractivity contribution in [3.05, 3.63) is 77.6 Å². The summed E-state index contributed by atoms with van der Waals surface area (Å²) in [5.74, 6) is -0.131. The van der Waals surface area contributed by atoms with Gasteiger partial charge in [0, 0.05) is 37.0 Å². The number of aryl methyl sites for hydroxylation is 1. The molecule has 5 rings (SSSR count). The summed E-state index contributed by atoms with van der Waals surface area (Å²) in [7, 11) is 0. The molecule has 0 N–H and O–H groups in total. The van der Waals surface area contributed by atoms with Crippen molar-refractivity contribution in [1.82, 2.24) is 34.4 Å². The number of carbonyl (C=O) groups is 2. The Labute approximate surface area is 216 Å². The van der Waals surface area contributed by atoms with Crippen molar-refractivity contribution in [3.8, 4) is 11.3 Å². The summed E-state index contributed by atoms with van der Waals surface area (Å²) in [5, 5.41) is 4.79. The Morgan fingerprint density at radius 3 is 2.41 bits per heavy atom. The number of hydrogen-bond donors (Lipinski definition) is 0. The lowest BCUT2D eigenvalue weighted by atomic mass is 9.98. The van der Waals surface area contributed by atoms with Crippen molar-refractivity contribution < 1.29 is 9.59 Å². The summed E-state index contributed by atoms with van der Waals surface area (Å²) in [5.41, 5.74) is 4.86. The first kappa shape index (κ1) is 24.5. The zero-order valence-corrected chi connectivity index (χ0v) is 21.8. The Balaban J connectivity index is 1.44. The van der Waals surface area contributed by atoms with Crippen LogP contribution in [0.5, 0.6) is 0 Å². The summed E-state index contributed by atoms with van der Waals surface area (Å²) in [4.78, 5) is 42.9. The van der Waals surface area contributed by atoms with E-state index in [0.29, 0.717) is 36.7 Å². The summed E-state index contributed by atoms with van der Waals surface area (Å²) in [6, 6.07) is 11.9. The summed E-state index contributed by atoms with van der Waals surface area (Å²) < 4.78 is 1.72. The van der Waals surface area contributed by atoms with E-state index >= 15 is 0 Å². The van der Waals surface area contributed by atoms with Crippen LogP contribution in [-0.2, 0) is 0 Å². The average Bonchev–Trinajstić information content (AvgIpc) is 3.32. The van der Waals surface area contributed by atoms with Crippen molar-refractivity contribution in [2.75, 3.05) is 19.6 Å². The second-order valence-electron chi connectivity index (χ2n) is 10.5. The van der Waals surface area contributed by atoms with Gasteiger partial charge in [0.15, 0.2) is 5.65 Å². The SMILES string of the molecule is Cc1ccc(-c2cc(C(C)C)c3nc(C(=O)N4CCN(C(=O)c5ccncn5)CC4(C)C)cn3n2)cc1. The molecule has 4 heterocycles. The van der Waals surface area contributed by atoms with Crippen LogP contribution in [0.3, 0.4) is 0 Å². The van der Waals surface area contributed by atoms with Gasteiger partial charge in [-0.2, -0.15) is 5.10 Å². The molecule has 1 aliphatic heterocycles. The van der Waals surface area contributed by atoms with Gasteiger partial charge in [0.2, 0.25) is 0 Å². The highest BCUT2D eigenvalue weighted by Crippen LogP contribution is 2.28. The van der Waals surface area contributed by atoms with Gasteiger partial charge in [0.05, 0.1) is 17.4 Å². The minimum atomic E-state index is -0.588. The zero-order chi connectivity index (χ0) is 26.3. The van der Waals surface area contributed by atoms with Crippen molar-refractivity contribution >= 4 is 17.5 Å². The smallest absolute Gasteiger partial charge is 0.274 e. The molecule has 3 aromatic heterocycles. The van der Waals surface area contributed by atoms with Crippen LogP contribution in [0.1, 0.15) is 65.7 Å². The predicted molar refractivity (Wildman–Crippen MR) is 140 cm³/mol. The third-order valence-corrected chi connectivity index (χ3v) is 6.88. The Morgan fingerprint density at radius 1 is 1.00 bits per heavy atom. The number of benzene rings is 1. The first-order chi connectivity index (χ1) is 17.6. The number of aromatic nitrogens is 5. The van der Waals surface area contributed by atoms with Crippen LogP contribution >= 0.6 is 0 Å². The van der Waals surface area contributed by atoms with Gasteiger partial charge in [-0.1, -0.05) is 43.7 Å². The highest BCUT2D eigenvalue weighted by Gasteiger charge is 2.40. The molecular weight excluding hydrogens is 466 g/mol. The van der Waals surface area contributed by atoms with Crippen LogP contribution in [-0.4, -0.2) is 71.4 Å². The van der Waals surface area contributed by atoms with Crippen molar-refractivity contribution in [1.29, 1.82) is 0 Å². The number of rotatable bonds is 4. The average molecular weight is 498 g/mol. The standard InChI is InChI=1S/C28H31N7O2/c1-18(2)21-14-23(20-8-6-19(3)7-9-20)32-35-15-24(31-25(21)35)27(37)34-13-12-33(16-28(34,4)5)26(36)22-10-11-29-17-30-22/h6-11,14-15,17-18H,12-13,16H2,1-5H3. The first-order valence-electron chi connectivity index (χ1n) is 12.5. The highest BCUT2D eigenvalue weighted by atomic mass is 16.2. The van der Waals surface area contributed by atoms with Gasteiger partial charge >= 0.3 is 0 Å². The Bertz CT molecular complexity index is 1460. The lowest BCUT2D eigenvalue weighted by molar-refractivity contribution is 0.0162. The van der Waals surface area contributed by atoms with Gasteiger partial charge in [-0.25, -0.2) is 19.5 Å². The Hall–Kier alpha value is -4.14. The molecular formula is C28H31N7O2. The van der Waals surface area contributed by atoms with Gasteiger partial charge in [0.1, 0.15) is 17.7 Å². The second-order valence-corrected chi connectivity index (χ2v) is 10.5. The molecule has 2 amide bonds. The third kappa shape index (κ3) is 4.69. The van der Waals surface area contributed by atoms with Crippen LogP contribution in [0, 0.1) is 6.92 Å². The molecule has 0 unspecified atom stereocenters. The van der Waals surface area contributed by atoms with E-state index in [1.807, 2.05) is 13.8 Å². The molecule has 4 aromatic rings. The van der Waals surface area contributed by atoms with E-state index in [-0.39, 0.29) is 17.7 Å². The van der Waals surface area contributed by atoms with E-state index in [0.717, 1.165) is 16.8 Å². The molecule has 0 bridgehead atoms. The molecule has 1 aromatic carbocycles. The third-order valence-electron chi connectivity index (χ3n) is 6.88. The van der Waals surface area contributed by atoms with Gasteiger partial charge in [-0.05, 0) is 38.8 Å².